The van der Waals surface area contributed by atoms with Gasteiger partial charge in [0, 0.05) is 12.6 Å². The second-order valence-electron chi connectivity index (χ2n) is 4.62. The molecule has 0 aromatic carbocycles. The zero-order chi connectivity index (χ0) is 11.0. The van der Waals surface area contributed by atoms with Gasteiger partial charge >= 0.3 is 0 Å². The Labute approximate surface area is 98.7 Å². The maximum absolute atomic E-state index is 9.13. The summed E-state index contributed by atoms with van der Waals surface area (Å²) in [5.41, 5.74) is 1.28. The molecule has 16 heavy (non-hydrogen) atoms. The van der Waals surface area contributed by atoms with E-state index in [1.165, 1.54) is 18.4 Å². The van der Waals surface area contributed by atoms with Crippen LogP contribution in [0.15, 0.2) is 17.8 Å². The van der Waals surface area contributed by atoms with Crippen molar-refractivity contribution in [2.75, 3.05) is 6.61 Å². The normalized spacial score (nSPS) is 26.3. The minimum Gasteiger partial charge on any atom is -0.396 e. The van der Waals surface area contributed by atoms with Gasteiger partial charge in [-0.05, 0) is 43.0 Å². The van der Waals surface area contributed by atoms with Crippen molar-refractivity contribution in [3.63, 3.8) is 0 Å². The van der Waals surface area contributed by atoms with Crippen molar-refractivity contribution in [1.29, 1.82) is 0 Å². The van der Waals surface area contributed by atoms with Gasteiger partial charge in [-0.25, -0.2) is 4.98 Å². The molecule has 3 rings (SSSR count). The highest BCUT2D eigenvalue weighted by atomic mass is 32.1. The highest BCUT2D eigenvalue weighted by Gasteiger charge is 2.22. The second-order valence-corrected chi connectivity index (χ2v) is 5.51. The molecule has 0 radical (unpaired) electrons. The van der Waals surface area contributed by atoms with E-state index in [-0.39, 0.29) is 0 Å². The maximum Gasteiger partial charge on any atom is 0.141 e. The van der Waals surface area contributed by atoms with Crippen LogP contribution < -0.4 is 0 Å². The van der Waals surface area contributed by atoms with E-state index in [2.05, 4.69) is 21.0 Å². The number of hydrogen-bond donors (Lipinski definition) is 1. The molecule has 2 heterocycles. The minimum absolute atomic E-state index is 0.352. The molecule has 86 valence electrons. The van der Waals surface area contributed by atoms with Crippen LogP contribution in [0.25, 0.3) is 10.3 Å². The van der Waals surface area contributed by atoms with Crippen molar-refractivity contribution >= 4 is 21.7 Å². The van der Waals surface area contributed by atoms with Crippen molar-refractivity contribution in [3.8, 4) is 0 Å². The molecule has 3 nitrogen and oxygen atoms in total. The highest BCUT2D eigenvalue weighted by molar-refractivity contribution is 7.16. The van der Waals surface area contributed by atoms with Crippen LogP contribution in [-0.2, 0) is 0 Å². The van der Waals surface area contributed by atoms with E-state index in [1.54, 1.807) is 11.3 Å². The quantitative estimate of drug-likeness (QED) is 0.870. The van der Waals surface area contributed by atoms with Crippen LogP contribution in [0.4, 0.5) is 0 Å². The van der Waals surface area contributed by atoms with Crippen LogP contribution in [-0.4, -0.2) is 21.3 Å². The SMILES string of the molecule is OCC1CCC(n2cnc3sccc32)CC1. The Morgan fingerprint density at radius 1 is 1.38 bits per heavy atom. The summed E-state index contributed by atoms with van der Waals surface area (Å²) in [6, 6.07) is 2.74. The van der Waals surface area contributed by atoms with E-state index in [1.807, 2.05) is 6.33 Å². The lowest BCUT2D eigenvalue weighted by atomic mass is 9.86. The summed E-state index contributed by atoms with van der Waals surface area (Å²) < 4.78 is 2.32. The maximum atomic E-state index is 9.13. The molecule has 1 aliphatic carbocycles. The molecule has 0 bridgehead atoms. The molecule has 0 aliphatic heterocycles. The third kappa shape index (κ3) is 1.66. The molecule has 0 amide bonds. The predicted octanol–water partition coefficient (Wildman–Crippen LogP) is 2.82. The van der Waals surface area contributed by atoms with Gasteiger partial charge in [0.2, 0.25) is 0 Å². The number of aliphatic hydroxyl groups excluding tert-OH is 1. The molecular formula is C12H16N2OS. The molecule has 0 spiro atoms. The van der Waals surface area contributed by atoms with Gasteiger partial charge in [-0.15, -0.1) is 11.3 Å². The lowest BCUT2D eigenvalue weighted by molar-refractivity contribution is 0.170. The van der Waals surface area contributed by atoms with Gasteiger partial charge in [0.1, 0.15) is 4.83 Å². The highest BCUT2D eigenvalue weighted by Crippen LogP contribution is 2.34. The number of imidazole rings is 1. The summed E-state index contributed by atoms with van der Waals surface area (Å²) in [5.74, 6) is 0.526. The Kier molecular flexibility index (Phi) is 2.69. The van der Waals surface area contributed by atoms with Gasteiger partial charge in [-0.2, -0.15) is 0 Å². The van der Waals surface area contributed by atoms with Gasteiger partial charge in [0.05, 0.1) is 11.8 Å². The van der Waals surface area contributed by atoms with E-state index >= 15 is 0 Å². The summed E-state index contributed by atoms with van der Waals surface area (Å²) >= 11 is 1.71. The van der Waals surface area contributed by atoms with Crippen LogP contribution in [0.2, 0.25) is 0 Å². The minimum atomic E-state index is 0.352. The first kappa shape index (κ1) is 10.3. The fourth-order valence-corrected chi connectivity index (χ4v) is 3.39. The smallest absolute Gasteiger partial charge is 0.141 e. The van der Waals surface area contributed by atoms with Gasteiger partial charge < -0.3 is 9.67 Å². The molecule has 2 aromatic heterocycles. The van der Waals surface area contributed by atoms with Crippen LogP contribution in [0, 0.1) is 5.92 Å². The fourth-order valence-electron chi connectivity index (χ4n) is 2.66. The lowest BCUT2D eigenvalue weighted by Gasteiger charge is -2.28. The van der Waals surface area contributed by atoms with Crippen molar-refractivity contribution in [3.05, 3.63) is 17.8 Å². The molecule has 1 fully saturated rings. The summed E-state index contributed by atoms with van der Waals surface area (Å²) in [7, 11) is 0. The number of hydrogen-bond acceptors (Lipinski definition) is 3. The third-order valence-electron chi connectivity index (χ3n) is 3.67. The van der Waals surface area contributed by atoms with Crippen molar-refractivity contribution < 1.29 is 5.11 Å². The van der Waals surface area contributed by atoms with Crippen molar-refractivity contribution in [2.24, 2.45) is 5.92 Å². The van der Waals surface area contributed by atoms with E-state index in [4.69, 9.17) is 5.11 Å². The Morgan fingerprint density at radius 2 is 2.19 bits per heavy atom. The van der Waals surface area contributed by atoms with Crippen LogP contribution >= 0.6 is 11.3 Å². The predicted molar refractivity (Wildman–Crippen MR) is 65.7 cm³/mol. The zero-order valence-electron chi connectivity index (χ0n) is 9.17. The second kappa shape index (κ2) is 4.18. The molecular weight excluding hydrogens is 220 g/mol. The molecule has 1 saturated carbocycles. The largest absolute Gasteiger partial charge is 0.396 e. The molecule has 2 aromatic rings. The van der Waals surface area contributed by atoms with Crippen LogP contribution in [0.1, 0.15) is 31.7 Å². The summed E-state index contributed by atoms with van der Waals surface area (Å²) in [6.07, 6.45) is 6.61. The van der Waals surface area contributed by atoms with Gasteiger partial charge in [-0.3, -0.25) is 0 Å². The monoisotopic (exact) mass is 236 g/mol. The summed E-state index contributed by atoms with van der Waals surface area (Å²) in [4.78, 5) is 5.57. The number of rotatable bonds is 2. The Bertz CT molecular complexity index is 468. The lowest BCUT2D eigenvalue weighted by Crippen LogP contribution is -2.19. The average molecular weight is 236 g/mol. The standard InChI is InChI=1S/C12H16N2OS/c15-7-9-1-3-10(4-2-9)14-8-13-12-11(14)5-6-16-12/h5-6,8-10,15H,1-4,7H2. The number of nitrogens with zero attached hydrogens (tertiary/aromatic N) is 2. The van der Waals surface area contributed by atoms with E-state index in [0.29, 0.717) is 18.6 Å². The fraction of sp³-hybridized carbons (Fsp3) is 0.583. The first-order chi connectivity index (χ1) is 7.88. The van der Waals surface area contributed by atoms with Gasteiger partial charge in [-0.1, -0.05) is 0 Å². The van der Waals surface area contributed by atoms with Gasteiger partial charge in [0.25, 0.3) is 0 Å². The van der Waals surface area contributed by atoms with Crippen LogP contribution in [0.3, 0.4) is 0 Å². The molecule has 0 saturated heterocycles. The Balaban J connectivity index is 1.81. The van der Waals surface area contributed by atoms with E-state index in [0.717, 1.165) is 17.7 Å². The van der Waals surface area contributed by atoms with Crippen molar-refractivity contribution in [1.82, 2.24) is 9.55 Å². The van der Waals surface area contributed by atoms with Gasteiger partial charge in [0.15, 0.2) is 0 Å². The Morgan fingerprint density at radius 3 is 2.94 bits per heavy atom. The summed E-state index contributed by atoms with van der Waals surface area (Å²) in [6.45, 7) is 0.352. The zero-order valence-corrected chi connectivity index (χ0v) is 9.99. The third-order valence-corrected chi connectivity index (χ3v) is 4.48. The Hall–Kier alpha value is -0.870. The van der Waals surface area contributed by atoms with E-state index < -0.39 is 0 Å². The molecule has 0 unspecified atom stereocenters. The number of fused-ring (bicyclic) bond motifs is 1. The molecule has 4 heteroatoms. The molecule has 0 atom stereocenters. The number of aliphatic hydroxyl groups is 1. The van der Waals surface area contributed by atoms with Crippen LogP contribution in [0.5, 0.6) is 0 Å². The first-order valence-corrected chi connectivity index (χ1v) is 6.77. The van der Waals surface area contributed by atoms with Crippen molar-refractivity contribution in [2.45, 2.75) is 31.7 Å². The number of thiophene rings is 1. The average Bonchev–Trinajstić information content (AvgIpc) is 2.91. The topological polar surface area (TPSA) is 38.0 Å². The van der Waals surface area contributed by atoms with E-state index in [9.17, 15) is 0 Å². The molecule has 1 aliphatic rings. The molecule has 1 N–H and O–H groups in total. The number of aromatic nitrogens is 2. The first-order valence-electron chi connectivity index (χ1n) is 5.89. The summed E-state index contributed by atoms with van der Waals surface area (Å²) in [5, 5.41) is 11.2.